The number of benzene rings is 1. The molecule has 0 saturated carbocycles. The van der Waals surface area contributed by atoms with E-state index in [-0.39, 0.29) is 46.7 Å². The Morgan fingerprint density at radius 1 is 1.42 bits per heavy atom. The number of H-pyrrole nitrogens is 1. The predicted molar refractivity (Wildman–Crippen MR) is 88.8 cm³/mol. The molecule has 0 atom stereocenters. The molecular formula is C12H12ClN6NaO2S2. The van der Waals surface area contributed by atoms with Crippen LogP contribution in [0.2, 0.25) is 5.02 Å². The number of aromatic amines is 1. The first-order valence-corrected chi connectivity index (χ1v) is 9.12. The second kappa shape index (κ2) is 7.91. The summed E-state index contributed by atoms with van der Waals surface area (Å²) in [6.45, 7) is 0.549. The summed E-state index contributed by atoms with van der Waals surface area (Å²) in [6.07, 6.45) is 0. The molecule has 3 rings (SSSR count). The van der Waals surface area contributed by atoms with E-state index in [1.54, 1.807) is 11.3 Å². The van der Waals surface area contributed by atoms with Crippen LogP contribution < -0.4 is 40.0 Å². The van der Waals surface area contributed by atoms with Crippen LogP contribution in [0, 0.1) is 0 Å². The van der Waals surface area contributed by atoms with E-state index in [2.05, 4.69) is 25.9 Å². The van der Waals surface area contributed by atoms with Gasteiger partial charge in [-0.2, -0.15) is 5.21 Å². The van der Waals surface area contributed by atoms with Crippen molar-refractivity contribution in [2.24, 2.45) is 5.14 Å². The van der Waals surface area contributed by atoms with Gasteiger partial charge in [0, 0.05) is 22.7 Å². The number of tetrazole rings is 1. The van der Waals surface area contributed by atoms with Crippen LogP contribution in [0.15, 0.2) is 34.5 Å². The van der Waals surface area contributed by atoms with Gasteiger partial charge in [-0.1, -0.05) is 17.7 Å². The first kappa shape index (κ1) is 19.3. The van der Waals surface area contributed by atoms with Gasteiger partial charge in [0.05, 0.1) is 5.02 Å². The zero-order chi connectivity index (χ0) is 16.4. The molecule has 0 aliphatic rings. The Balaban J connectivity index is 0.00000156. The van der Waals surface area contributed by atoms with Crippen molar-refractivity contribution in [2.75, 3.05) is 5.32 Å². The molecule has 0 saturated heterocycles. The largest absolute Gasteiger partial charge is 1.00 e. The van der Waals surface area contributed by atoms with Gasteiger partial charge in [0.1, 0.15) is 4.90 Å². The fourth-order valence-electron chi connectivity index (χ4n) is 1.97. The van der Waals surface area contributed by atoms with Crippen molar-refractivity contribution >= 4 is 38.6 Å². The van der Waals surface area contributed by atoms with Crippen LogP contribution in [0.3, 0.4) is 0 Å². The first-order chi connectivity index (χ1) is 10.9. The number of aromatic nitrogens is 4. The van der Waals surface area contributed by atoms with Gasteiger partial charge in [0.25, 0.3) is 0 Å². The van der Waals surface area contributed by atoms with Gasteiger partial charge in [-0.05, 0) is 28.8 Å². The number of anilines is 1. The van der Waals surface area contributed by atoms with Crippen LogP contribution in [-0.2, 0) is 16.6 Å². The van der Waals surface area contributed by atoms with Crippen LogP contribution >= 0.6 is 22.9 Å². The number of rotatable bonds is 5. The third-order valence-electron chi connectivity index (χ3n) is 3.00. The van der Waals surface area contributed by atoms with Crippen molar-refractivity contribution in [3.05, 3.63) is 39.5 Å². The third kappa shape index (κ3) is 4.33. The molecule has 1 aromatic carbocycles. The topological polar surface area (TPSA) is 127 Å². The van der Waals surface area contributed by atoms with Gasteiger partial charge >= 0.3 is 29.6 Å². The number of sulfonamides is 1. The van der Waals surface area contributed by atoms with Crippen molar-refractivity contribution in [3.63, 3.8) is 0 Å². The molecule has 12 heteroatoms. The summed E-state index contributed by atoms with van der Waals surface area (Å²) >= 11 is 7.64. The molecule has 8 nitrogen and oxygen atoms in total. The van der Waals surface area contributed by atoms with Crippen LogP contribution in [0.25, 0.3) is 11.4 Å². The Kier molecular flexibility index (Phi) is 6.37. The SMILES string of the molecule is NS(=O)(=O)c1cc(-c2nn[nH]n2)c(NCc2cccs2)cc1Cl.[H-].[Na+]. The van der Waals surface area contributed by atoms with E-state index >= 15 is 0 Å². The van der Waals surface area contributed by atoms with Crippen molar-refractivity contribution in [2.45, 2.75) is 11.4 Å². The molecule has 24 heavy (non-hydrogen) atoms. The molecule has 0 unspecified atom stereocenters. The minimum Gasteiger partial charge on any atom is -1.00 e. The molecule has 0 fully saturated rings. The molecule has 122 valence electrons. The smallest absolute Gasteiger partial charge is 1.00 e. The molecule has 0 aliphatic heterocycles. The van der Waals surface area contributed by atoms with Crippen LogP contribution in [-0.4, -0.2) is 29.0 Å². The average molecular weight is 395 g/mol. The number of primary sulfonamides is 1. The minimum absolute atomic E-state index is 0. The maximum atomic E-state index is 11.6. The van der Waals surface area contributed by atoms with Gasteiger partial charge in [-0.15, -0.1) is 21.5 Å². The van der Waals surface area contributed by atoms with Crippen molar-refractivity contribution in [3.8, 4) is 11.4 Å². The number of nitrogens with two attached hydrogens (primary N) is 1. The van der Waals surface area contributed by atoms with E-state index in [0.29, 0.717) is 17.8 Å². The normalized spacial score (nSPS) is 11.1. The Hall–Kier alpha value is -1.01. The van der Waals surface area contributed by atoms with Crippen LogP contribution in [0.1, 0.15) is 6.30 Å². The zero-order valence-corrected chi connectivity index (χ0v) is 16.9. The summed E-state index contributed by atoms with van der Waals surface area (Å²) in [5.74, 6) is 0.236. The van der Waals surface area contributed by atoms with Gasteiger partial charge in [-0.25, -0.2) is 13.6 Å². The number of halogens is 1. The minimum atomic E-state index is -3.97. The third-order valence-corrected chi connectivity index (χ3v) is 5.25. The summed E-state index contributed by atoms with van der Waals surface area (Å²) in [7, 11) is -3.97. The summed E-state index contributed by atoms with van der Waals surface area (Å²) in [6, 6.07) is 6.74. The van der Waals surface area contributed by atoms with Crippen LogP contribution in [0.5, 0.6) is 0 Å². The first-order valence-electron chi connectivity index (χ1n) is 6.31. The van der Waals surface area contributed by atoms with Gasteiger partial charge in [0.2, 0.25) is 15.8 Å². The molecule has 0 radical (unpaired) electrons. The van der Waals surface area contributed by atoms with E-state index in [0.717, 1.165) is 4.88 Å². The number of thiophene rings is 1. The Morgan fingerprint density at radius 2 is 2.21 bits per heavy atom. The molecule has 2 aromatic heterocycles. The molecule has 0 amide bonds. The number of nitrogens with zero attached hydrogens (tertiary/aromatic N) is 3. The summed E-state index contributed by atoms with van der Waals surface area (Å²) in [4.78, 5) is 0.913. The van der Waals surface area contributed by atoms with E-state index in [1.165, 1.54) is 12.1 Å². The number of nitrogens with one attached hydrogen (secondary N) is 2. The fraction of sp³-hybridized carbons (Fsp3) is 0.0833. The van der Waals surface area contributed by atoms with Crippen molar-refractivity contribution in [1.82, 2.24) is 20.6 Å². The monoisotopic (exact) mass is 394 g/mol. The molecule has 2 heterocycles. The summed E-state index contributed by atoms with van der Waals surface area (Å²) < 4.78 is 23.3. The predicted octanol–water partition coefficient (Wildman–Crippen LogP) is -1.04. The maximum Gasteiger partial charge on any atom is 1.00 e. The average Bonchev–Trinajstić information content (AvgIpc) is 3.17. The number of hydrogen-bond acceptors (Lipinski definition) is 7. The van der Waals surface area contributed by atoms with Crippen LogP contribution in [0.4, 0.5) is 5.69 Å². The fourth-order valence-corrected chi connectivity index (χ4v) is 3.72. The van der Waals surface area contributed by atoms with E-state index in [4.69, 9.17) is 16.7 Å². The van der Waals surface area contributed by atoms with E-state index in [9.17, 15) is 8.42 Å². The molecule has 0 bridgehead atoms. The molecular weight excluding hydrogens is 383 g/mol. The van der Waals surface area contributed by atoms with E-state index in [1.807, 2.05) is 17.5 Å². The number of hydrogen-bond donors (Lipinski definition) is 3. The maximum absolute atomic E-state index is 11.6. The zero-order valence-electron chi connectivity index (χ0n) is 13.5. The Bertz CT molecular complexity index is 921. The quantitative estimate of drug-likeness (QED) is 0.474. The Labute approximate surface area is 170 Å². The molecule has 0 spiro atoms. The van der Waals surface area contributed by atoms with Crippen molar-refractivity contribution < 1.29 is 39.4 Å². The van der Waals surface area contributed by atoms with E-state index < -0.39 is 10.0 Å². The van der Waals surface area contributed by atoms with Gasteiger partial charge < -0.3 is 6.74 Å². The summed E-state index contributed by atoms with van der Waals surface area (Å²) in [5.41, 5.74) is 1.01. The molecule has 4 N–H and O–H groups in total. The van der Waals surface area contributed by atoms with Gasteiger partial charge in [0.15, 0.2) is 0 Å². The Morgan fingerprint density at radius 3 is 2.79 bits per heavy atom. The summed E-state index contributed by atoms with van der Waals surface area (Å²) in [5, 5.41) is 23.9. The molecule has 3 aromatic rings. The van der Waals surface area contributed by atoms with Gasteiger partial charge in [-0.3, -0.25) is 0 Å². The standard InChI is InChI=1S/C12H11ClN6O2S2.Na.H/c13-9-5-10(15-6-7-2-1-3-22-7)8(12-16-18-19-17-12)4-11(9)23(14,20)21;;/h1-5,15H,6H2,(H2,14,20,21)(H,16,17,18,19);;/q;+1;-1. The molecule has 0 aliphatic carbocycles. The second-order valence-corrected chi connectivity index (χ2v) is 7.51. The second-order valence-electron chi connectivity index (χ2n) is 4.54. The van der Waals surface area contributed by atoms with Crippen molar-refractivity contribution in [1.29, 1.82) is 0 Å².